The summed E-state index contributed by atoms with van der Waals surface area (Å²) < 4.78 is 32.7. The van der Waals surface area contributed by atoms with Crippen LogP contribution in [0.4, 0.5) is 0 Å². The van der Waals surface area contributed by atoms with Crippen LogP contribution in [-0.4, -0.2) is 34.6 Å². The van der Waals surface area contributed by atoms with Crippen molar-refractivity contribution < 1.29 is 17.9 Å². The van der Waals surface area contributed by atoms with Gasteiger partial charge in [-0.1, -0.05) is 24.3 Å². The van der Waals surface area contributed by atoms with Crippen LogP contribution in [0, 0.1) is 0 Å². The van der Waals surface area contributed by atoms with Crippen molar-refractivity contribution in [3.05, 3.63) is 63.6 Å². The fourth-order valence-corrected chi connectivity index (χ4v) is 4.81. The summed E-state index contributed by atoms with van der Waals surface area (Å²) in [6.45, 7) is 0.430. The molecule has 1 unspecified atom stereocenters. The molecule has 0 radical (unpaired) electrons. The Morgan fingerprint density at radius 2 is 2.04 bits per heavy atom. The molecule has 8 heteroatoms. The number of carbonyl (C=O) groups is 1. The molecule has 0 bridgehead atoms. The number of ether oxygens (including phenoxy) is 1. The van der Waals surface area contributed by atoms with Gasteiger partial charge in [0.05, 0.1) is 23.1 Å². The maximum atomic E-state index is 12.9. The zero-order valence-electron chi connectivity index (χ0n) is 15.6. The lowest BCUT2D eigenvalue weighted by Crippen LogP contribution is -2.31. The molecule has 0 saturated heterocycles. The van der Waals surface area contributed by atoms with Crippen LogP contribution >= 0.6 is 15.9 Å². The predicted molar refractivity (Wildman–Crippen MR) is 111 cm³/mol. The number of aryl methyl sites for hydroxylation is 1. The minimum Gasteiger partial charge on any atom is -0.383 e. The van der Waals surface area contributed by atoms with Crippen molar-refractivity contribution >= 4 is 31.9 Å². The SMILES string of the molecule is COCCNS(=O)(=O)c1ccc(Br)c(C(=O)NC2CCCc3ccccc32)c1. The maximum Gasteiger partial charge on any atom is 0.252 e. The number of sulfonamides is 1. The average Bonchev–Trinajstić information content (AvgIpc) is 2.68. The summed E-state index contributed by atoms with van der Waals surface area (Å²) in [5.41, 5.74) is 2.66. The lowest BCUT2D eigenvalue weighted by atomic mass is 9.87. The zero-order chi connectivity index (χ0) is 20.1. The second-order valence-electron chi connectivity index (χ2n) is 6.65. The number of rotatable bonds is 7. The molecule has 0 fully saturated rings. The van der Waals surface area contributed by atoms with Crippen LogP contribution in [0.2, 0.25) is 0 Å². The summed E-state index contributed by atoms with van der Waals surface area (Å²) in [5, 5.41) is 3.06. The zero-order valence-corrected chi connectivity index (χ0v) is 18.0. The van der Waals surface area contributed by atoms with Gasteiger partial charge in [0.1, 0.15) is 0 Å². The van der Waals surface area contributed by atoms with Gasteiger partial charge < -0.3 is 10.1 Å². The van der Waals surface area contributed by atoms with Gasteiger partial charge in [0, 0.05) is 18.1 Å². The monoisotopic (exact) mass is 466 g/mol. The van der Waals surface area contributed by atoms with Crippen molar-refractivity contribution in [3.63, 3.8) is 0 Å². The average molecular weight is 467 g/mol. The number of halogens is 1. The van der Waals surface area contributed by atoms with Crippen molar-refractivity contribution in [1.29, 1.82) is 0 Å². The normalized spacial score (nSPS) is 16.4. The van der Waals surface area contributed by atoms with E-state index in [0.717, 1.165) is 24.8 Å². The minimum atomic E-state index is -3.72. The molecule has 0 aliphatic heterocycles. The molecule has 1 aliphatic carbocycles. The van der Waals surface area contributed by atoms with Gasteiger partial charge in [-0.3, -0.25) is 4.79 Å². The highest BCUT2D eigenvalue weighted by molar-refractivity contribution is 9.10. The van der Waals surface area contributed by atoms with Crippen LogP contribution < -0.4 is 10.0 Å². The lowest BCUT2D eigenvalue weighted by Gasteiger charge is -2.26. The van der Waals surface area contributed by atoms with E-state index in [9.17, 15) is 13.2 Å². The highest BCUT2D eigenvalue weighted by Crippen LogP contribution is 2.30. The van der Waals surface area contributed by atoms with Gasteiger partial charge in [0.15, 0.2) is 0 Å². The number of hydrogen-bond donors (Lipinski definition) is 2. The molecule has 2 aromatic carbocycles. The first-order valence-electron chi connectivity index (χ1n) is 9.09. The topological polar surface area (TPSA) is 84.5 Å². The molecule has 3 rings (SSSR count). The Kier molecular flexibility index (Phi) is 6.87. The highest BCUT2D eigenvalue weighted by Gasteiger charge is 2.24. The van der Waals surface area contributed by atoms with Crippen LogP contribution in [0.1, 0.15) is 40.4 Å². The molecule has 0 aromatic heterocycles. The van der Waals surface area contributed by atoms with Gasteiger partial charge in [-0.15, -0.1) is 0 Å². The van der Waals surface area contributed by atoms with E-state index in [1.54, 1.807) is 6.07 Å². The maximum absolute atomic E-state index is 12.9. The number of amides is 1. The van der Waals surface area contributed by atoms with E-state index >= 15 is 0 Å². The second-order valence-corrected chi connectivity index (χ2v) is 9.27. The van der Waals surface area contributed by atoms with Gasteiger partial charge in [-0.2, -0.15) is 0 Å². The molecular weight excluding hydrogens is 444 g/mol. The fourth-order valence-electron chi connectivity index (χ4n) is 3.35. The highest BCUT2D eigenvalue weighted by atomic mass is 79.9. The number of methoxy groups -OCH3 is 1. The Labute approximate surface area is 173 Å². The van der Waals surface area contributed by atoms with E-state index in [1.165, 1.54) is 24.8 Å². The Balaban J connectivity index is 1.81. The van der Waals surface area contributed by atoms with Crippen molar-refractivity contribution in [2.45, 2.75) is 30.2 Å². The minimum absolute atomic E-state index is 0.0426. The summed E-state index contributed by atoms with van der Waals surface area (Å²) in [7, 11) is -2.22. The largest absolute Gasteiger partial charge is 0.383 e. The molecular formula is C20H23BrN2O4S. The molecule has 0 spiro atoms. The Morgan fingerprint density at radius 1 is 1.25 bits per heavy atom. The van der Waals surface area contributed by atoms with E-state index < -0.39 is 10.0 Å². The standard InChI is InChI=1S/C20H23BrN2O4S/c1-27-12-11-22-28(25,26)15-9-10-18(21)17(13-15)20(24)23-19-8-4-6-14-5-2-3-7-16(14)19/h2-3,5,7,9-10,13,19,22H,4,6,8,11-12H2,1H3,(H,23,24). The van der Waals surface area contributed by atoms with Crippen molar-refractivity contribution in [3.8, 4) is 0 Å². The number of carbonyl (C=O) groups excluding carboxylic acids is 1. The third kappa shape index (κ3) is 4.81. The Morgan fingerprint density at radius 3 is 2.82 bits per heavy atom. The predicted octanol–water partition coefficient (Wildman–Crippen LogP) is 3.18. The molecule has 0 heterocycles. The number of fused-ring (bicyclic) bond motifs is 1. The fraction of sp³-hybridized carbons (Fsp3) is 0.350. The summed E-state index contributed by atoms with van der Waals surface area (Å²) >= 11 is 3.36. The molecule has 2 aromatic rings. The van der Waals surface area contributed by atoms with Gasteiger partial charge in [-0.05, 0) is 64.5 Å². The van der Waals surface area contributed by atoms with Crippen molar-refractivity contribution in [2.75, 3.05) is 20.3 Å². The first-order valence-corrected chi connectivity index (χ1v) is 11.4. The van der Waals surface area contributed by atoms with Gasteiger partial charge in [-0.25, -0.2) is 13.1 Å². The first kappa shape index (κ1) is 21.0. The summed E-state index contributed by atoms with van der Waals surface area (Å²) in [4.78, 5) is 12.9. The summed E-state index contributed by atoms with van der Waals surface area (Å²) in [6.07, 6.45) is 2.87. The molecule has 150 valence electrons. The Bertz CT molecular complexity index is 962. The molecule has 2 N–H and O–H groups in total. The Hall–Kier alpha value is -1.74. The number of benzene rings is 2. The van der Waals surface area contributed by atoms with Crippen LogP contribution in [0.3, 0.4) is 0 Å². The number of nitrogens with one attached hydrogen (secondary N) is 2. The number of hydrogen-bond acceptors (Lipinski definition) is 4. The summed E-state index contributed by atoms with van der Waals surface area (Å²) in [6, 6.07) is 12.5. The van der Waals surface area contributed by atoms with Gasteiger partial charge in [0.25, 0.3) is 5.91 Å². The molecule has 1 atom stereocenters. The third-order valence-corrected chi connectivity index (χ3v) is 6.92. The second kappa shape index (κ2) is 9.17. The van der Waals surface area contributed by atoms with Crippen LogP contribution in [0.5, 0.6) is 0 Å². The van der Waals surface area contributed by atoms with E-state index in [1.807, 2.05) is 18.2 Å². The van der Waals surface area contributed by atoms with Crippen LogP contribution in [-0.2, 0) is 21.2 Å². The van der Waals surface area contributed by atoms with E-state index in [-0.39, 0.29) is 35.6 Å². The van der Waals surface area contributed by atoms with E-state index in [4.69, 9.17) is 4.74 Å². The van der Waals surface area contributed by atoms with Crippen molar-refractivity contribution in [1.82, 2.24) is 10.0 Å². The molecule has 1 aliphatic rings. The quantitative estimate of drug-likeness (QED) is 0.613. The molecule has 6 nitrogen and oxygen atoms in total. The molecule has 28 heavy (non-hydrogen) atoms. The first-order chi connectivity index (χ1) is 13.4. The van der Waals surface area contributed by atoms with Crippen LogP contribution in [0.15, 0.2) is 51.8 Å². The van der Waals surface area contributed by atoms with E-state index in [0.29, 0.717) is 4.47 Å². The van der Waals surface area contributed by atoms with E-state index in [2.05, 4.69) is 32.0 Å². The lowest BCUT2D eigenvalue weighted by molar-refractivity contribution is 0.0931. The van der Waals surface area contributed by atoms with Crippen LogP contribution in [0.25, 0.3) is 0 Å². The van der Waals surface area contributed by atoms with Gasteiger partial charge >= 0.3 is 0 Å². The van der Waals surface area contributed by atoms with Gasteiger partial charge in [0.2, 0.25) is 10.0 Å². The summed E-state index contributed by atoms with van der Waals surface area (Å²) in [5.74, 6) is -0.303. The molecule has 1 amide bonds. The smallest absolute Gasteiger partial charge is 0.252 e. The van der Waals surface area contributed by atoms with Crippen molar-refractivity contribution in [2.24, 2.45) is 0 Å². The molecule has 0 saturated carbocycles. The third-order valence-electron chi connectivity index (χ3n) is 4.77.